The largest absolute Gasteiger partial charge is 0.466 e. The second-order valence-electron chi connectivity index (χ2n) is 3.58. The second-order valence-corrected chi connectivity index (χ2v) is 3.58. The van der Waals surface area contributed by atoms with E-state index in [9.17, 15) is 14.4 Å². The maximum absolute atomic E-state index is 10.4. The van der Waals surface area contributed by atoms with E-state index in [-0.39, 0.29) is 46.0 Å². The van der Waals surface area contributed by atoms with Crippen LogP contribution in [-0.4, -0.2) is 30.4 Å². The Bertz CT molecular complexity index is 251. The molecule has 0 spiro atoms. The van der Waals surface area contributed by atoms with E-state index in [1.54, 1.807) is 13.8 Å². The van der Waals surface area contributed by atoms with E-state index in [4.69, 9.17) is 4.74 Å². The van der Waals surface area contributed by atoms with E-state index in [1.165, 1.54) is 6.92 Å². The van der Waals surface area contributed by atoms with Crippen LogP contribution in [0.3, 0.4) is 0 Å². The molecular formula is C12H22O5Ti. The van der Waals surface area contributed by atoms with Crippen LogP contribution in [0.1, 0.15) is 47.5 Å². The van der Waals surface area contributed by atoms with Crippen molar-refractivity contribution < 1.29 is 45.6 Å². The van der Waals surface area contributed by atoms with Gasteiger partial charge >= 0.3 is 11.9 Å². The van der Waals surface area contributed by atoms with Crippen molar-refractivity contribution in [1.82, 2.24) is 0 Å². The fourth-order valence-corrected chi connectivity index (χ4v) is 0.762. The Kier molecular flexibility index (Phi) is 18.0. The molecule has 0 bridgehead atoms. The van der Waals surface area contributed by atoms with Crippen LogP contribution in [0.4, 0.5) is 0 Å². The Hall–Kier alpha value is -0.676. The summed E-state index contributed by atoms with van der Waals surface area (Å²) in [4.78, 5) is 31.0. The zero-order chi connectivity index (χ0) is 13.8. The van der Waals surface area contributed by atoms with Gasteiger partial charge in [0.05, 0.1) is 12.7 Å². The smallest absolute Gasteiger partial charge is 0.313 e. The van der Waals surface area contributed by atoms with E-state index < -0.39 is 5.97 Å². The van der Waals surface area contributed by atoms with Crippen LogP contribution < -0.4 is 0 Å². The van der Waals surface area contributed by atoms with Crippen molar-refractivity contribution in [2.75, 3.05) is 6.61 Å². The zero-order valence-corrected chi connectivity index (χ0v) is 13.3. The fourth-order valence-electron chi connectivity index (χ4n) is 0.762. The number of carbonyl (C=O) groups excluding carboxylic acids is 3. The normalized spacial score (nSPS) is 8.56. The average Bonchev–Trinajstić information content (AvgIpc) is 2.16. The molecule has 0 N–H and O–H groups in total. The maximum Gasteiger partial charge on any atom is 0.313 e. The number of esters is 2. The van der Waals surface area contributed by atoms with Crippen molar-refractivity contribution in [3.8, 4) is 0 Å². The average molecular weight is 294 g/mol. The van der Waals surface area contributed by atoms with E-state index in [2.05, 4.69) is 4.74 Å². The van der Waals surface area contributed by atoms with Gasteiger partial charge in [-0.05, 0) is 27.7 Å². The van der Waals surface area contributed by atoms with Gasteiger partial charge in [0, 0.05) is 28.1 Å². The van der Waals surface area contributed by atoms with Gasteiger partial charge in [-0.3, -0.25) is 14.4 Å². The first-order valence-corrected chi connectivity index (χ1v) is 5.67. The van der Waals surface area contributed by atoms with Crippen LogP contribution in [0.25, 0.3) is 0 Å². The van der Waals surface area contributed by atoms with Crippen molar-refractivity contribution >= 4 is 17.7 Å². The first-order chi connectivity index (χ1) is 7.83. The van der Waals surface area contributed by atoms with E-state index in [0.29, 0.717) is 13.0 Å². The molecule has 0 unspecified atom stereocenters. The van der Waals surface area contributed by atoms with Gasteiger partial charge in [-0.2, -0.15) is 0 Å². The molecule has 5 nitrogen and oxygen atoms in total. The van der Waals surface area contributed by atoms with Crippen molar-refractivity contribution in [1.29, 1.82) is 0 Å². The quantitative estimate of drug-likeness (QED) is 0.440. The van der Waals surface area contributed by atoms with Gasteiger partial charge in [0.15, 0.2) is 0 Å². The molecule has 6 heteroatoms. The summed E-state index contributed by atoms with van der Waals surface area (Å²) in [5.74, 6) is -0.724. The van der Waals surface area contributed by atoms with Crippen molar-refractivity contribution in [2.45, 2.75) is 53.6 Å². The van der Waals surface area contributed by atoms with Gasteiger partial charge in [-0.25, -0.2) is 0 Å². The summed E-state index contributed by atoms with van der Waals surface area (Å²) in [5.41, 5.74) is 0. The first-order valence-electron chi connectivity index (χ1n) is 5.67. The Labute approximate surface area is 123 Å². The monoisotopic (exact) mass is 294 g/mol. The molecule has 0 aromatic carbocycles. The maximum atomic E-state index is 10.4. The summed E-state index contributed by atoms with van der Waals surface area (Å²) < 4.78 is 9.25. The molecule has 0 aromatic rings. The Balaban J connectivity index is -0.000000238. The minimum absolute atomic E-state index is 0. The molecule has 0 saturated carbocycles. The summed E-state index contributed by atoms with van der Waals surface area (Å²) in [7, 11) is 0. The van der Waals surface area contributed by atoms with Crippen LogP contribution in [-0.2, 0) is 45.6 Å². The topological polar surface area (TPSA) is 69.7 Å². The van der Waals surface area contributed by atoms with E-state index in [0.717, 1.165) is 0 Å². The number of hydrogen-bond acceptors (Lipinski definition) is 5. The summed E-state index contributed by atoms with van der Waals surface area (Å²) >= 11 is 0. The third kappa shape index (κ3) is 20.7. The standard InChI is InChI=1S/C6H10O3.C6H12O2.Ti/c1-3-9-6(8)4-5(2)7;1-4-6(7)8-5(2)3;/h3-4H2,1-2H3;5H,4H2,1-3H3;. The van der Waals surface area contributed by atoms with Gasteiger partial charge in [-0.1, -0.05) is 6.92 Å². The number of rotatable bonds is 5. The molecule has 0 rings (SSSR count). The summed E-state index contributed by atoms with van der Waals surface area (Å²) in [5, 5.41) is 0. The van der Waals surface area contributed by atoms with Gasteiger partial charge < -0.3 is 9.47 Å². The molecule has 0 heterocycles. The molecule has 0 atom stereocenters. The molecule has 0 saturated heterocycles. The number of ether oxygens (including phenoxy) is 2. The van der Waals surface area contributed by atoms with Gasteiger partial charge in [0.25, 0.3) is 0 Å². The fraction of sp³-hybridized carbons (Fsp3) is 0.750. The number of hydrogen-bond donors (Lipinski definition) is 0. The number of carbonyl (C=O) groups is 3. The molecule has 0 aromatic heterocycles. The number of Topliss-reactive ketones (excluding diaryl/α,β-unsaturated/α-hetero) is 1. The molecule has 0 fully saturated rings. The van der Waals surface area contributed by atoms with Crippen LogP contribution >= 0.6 is 0 Å². The van der Waals surface area contributed by atoms with Gasteiger partial charge in [0.1, 0.15) is 12.2 Å². The van der Waals surface area contributed by atoms with Crippen molar-refractivity contribution in [3.63, 3.8) is 0 Å². The predicted octanol–water partition coefficient (Wildman–Crippen LogP) is 1.87. The second kappa shape index (κ2) is 14.4. The third-order valence-electron chi connectivity index (χ3n) is 1.35. The van der Waals surface area contributed by atoms with Gasteiger partial charge in [-0.15, -0.1) is 0 Å². The summed E-state index contributed by atoms with van der Waals surface area (Å²) in [6.45, 7) is 8.87. The number of ketones is 1. The SMILES string of the molecule is CCC(=O)OC(C)C.CCOC(=O)CC(C)=O.[Ti]. The van der Waals surface area contributed by atoms with Gasteiger partial charge in [0.2, 0.25) is 0 Å². The van der Waals surface area contributed by atoms with Crippen molar-refractivity contribution in [2.24, 2.45) is 0 Å². The molecule has 0 radical (unpaired) electrons. The molecule has 18 heavy (non-hydrogen) atoms. The Morgan fingerprint density at radius 2 is 1.56 bits per heavy atom. The minimum Gasteiger partial charge on any atom is -0.466 e. The molecule has 0 aliphatic heterocycles. The summed E-state index contributed by atoms with van der Waals surface area (Å²) in [6.07, 6.45) is 0.397. The van der Waals surface area contributed by atoms with Crippen molar-refractivity contribution in [3.05, 3.63) is 0 Å². The molecular weight excluding hydrogens is 272 g/mol. The summed E-state index contributed by atoms with van der Waals surface area (Å²) in [6, 6.07) is 0. The molecule has 0 aliphatic rings. The van der Waals surface area contributed by atoms with E-state index in [1.807, 2.05) is 13.8 Å². The molecule has 0 aliphatic carbocycles. The van der Waals surface area contributed by atoms with Crippen LogP contribution in [0.15, 0.2) is 0 Å². The first kappa shape index (κ1) is 22.5. The molecule has 104 valence electrons. The Morgan fingerprint density at radius 1 is 1.06 bits per heavy atom. The minimum atomic E-state index is -0.440. The zero-order valence-electron chi connectivity index (χ0n) is 11.7. The molecule has 0 amide bonds. The van der Waals surface area contributed by atoms with E-state index >= 15 is 0 Å². The Morgan fingerprint density at radius 3 is 1.78 bits per heavy atom. The predicted molar refractivity (Wildman–Crippen MR) is 63.5 cm³/mol. The third-order valence-corrected chi connectivity index (χ3v) is 1.35. The van der Waals surface area contributed by atoms with Crippen LogP contribution in [0.2, 0.25) is 0 Å². The van der Waals surface area contributed by atoms with Crippen LogP contribution in [0.5, 0.6) is 0 Å². The van der Waals surface area contributed by atoms with Crippen LogP contribution in [0, 0.1) is 0 Å².